The van der Waals surface area contributed by atoms with Gasteiger partial charge in [-0.15, -0.1) is 24.9 Å². The van der Waals surface area contributed by atoms with Crippen molar-refractivity contribution in [1.82, 2.24) is 0 Å². The predicted molar refractivity (Wildman–Crippen MR) is 117 cm³/mol. The highest BCUT2D eigenvalue weighted by Gasteiger charge is 2.38. The van der Waals surface area contributed by atoms with Gasteiger partial charge in [-0.2, -0.15) is 0 Å². The molecule has 0 bridgehead atoms. The molecule has 2 aromatic rings. The van der Waals surface area contributed by atoms with Gasteiger partial charge in [-0.3, -0.25) is 4.79 Å². The summed E-state index contributed by atoms with van der Waals surface area (Å²) in [4.78, 5) is 12.3. The molecule has 1 aliphatic rings. The largest absolute Gasteiger partial charge is 0.573 e. The Morgan fingerprint density at radius 1 is 1.23 bits per heavy atom. The lowest BCUT2D eigenvalue weighted by atomic mass is 10.0. The van der Waals surface area contributed by atoms with Crippen LogP contribution in [0.15, 0.2) is 36.4 Å². The lowest BCUT2D eigenvalue weighted by molar-refractivity contribution is -0.275. The van der Waals surface area contributed by atoms with E-state index >= 15 is 0 Å². The van der Waals surface area contributed by atoms with Crippen LogP contribution in [0.5, 0.6) is 11.5 Å². The van der Waals surface area contributed by atoms with Crippen molar-refractivity contribution in [2.75, 3.05) is 19.5 Å². The van der Waals surface area contributed by atoms with E-state index in [2.05, 4.69) is 10.1 Å². The topological polar surface area (TPSA) is 56.8 Å². The molecule has 0 spiro atoms. The number of thioether (sulfide) groups is 1. The van der Waals surface area contributed by atoms with E-state index in [-0.39, 0.29) is 17.7 Å². The first-order valence-electron chi connectivity index (χ1n) is 8.88. The maximum atomic E-state index is 13.2. The fourth-order valence-corrected chi connectivity index (χ4v) is 5.08. The van der Waals surface area contributed by atoms with Crippen molar-refractivity contribution < 1.29 is 32.2 Å². The van der Waals surface area contributed by atoms with Crippen LogP contribution in [0, 0.1) is 0 Å². The van der Waals surface area contributed by atoms with Crippen LogP contribution >= 0.6 is 35.6 Å². The third-order valence-corrected chi connectivity index (χ3v) is 6.74. The van der Waals surface area contributed by atoms with Gasteiger partial charge in [0.05, 0.1) is 36.1 Å². The first-order valence-corrected chi connectivity index (χ1v) is 10.6. The molecule has 11 heteroatoms. The third-order valence-electron chi connectivity index (χ3n) is 4.46. The van der Waals surface area contributed by atoms with Crippen molar-refractivity contribution in [1.29, 1.82) is 0 Å². The van der Waals surface area contributed by atoms with Gasteiger partial charge in [0, 0.05) is 16.3 Å². The number of carbonyl (C=O) groups is 1. The van der Waals surface area contributed by atoms with Crippen molar-refractivity contribution in [3.8, 4) is 11.5 Å². The number of carbonyl (C=O) groups excluding carboxylic acids is 1. The molecule has 0 aromatic heterocycles. The van der Waals surface area contributed by atoms with Crippen molar-refractivity contribution in [2.24, 2.45) is 0 Å². The summed E-state index contributed by atoms with van der Waals surface area (Å²) in [5.41, 5.74) is 1.36. The molecule has 5 nitrogen and oxygen atoms in total. The van der Waals surface area contributed by atoms with Crippen LogP contribution in [0.25, 0.3) is 0 Å². The summed E-state index contributed by atoms with van der Waals surface area (Å²) in [7, 11) is 2.51. The standard InChI is InChI=1S/C20H17ClF3NO4S2/c1-27-14-5-3-4-11(17(14)29-20(22,23)24)18-12-8-10(21)6-7-13(12)25-19(30)15(31-18)9-16(26)28-2/h3-8,15,18H,9H2,1-2H3,(H,25,30)/t15-,18-/m1/s1. The van der Waals surface area contributed by atoms with Crippen molar-refractivity contribution in [3.05, 3.63) is 52.5 Å². The molecule has 0 radical (unpaired) electrons. The van der Waals surface area contributed by atoms with E-state index in [0.717, 1.165) is 0 Å². The SMILES string of the molecule is COC(=O)C[C@H]1S[C@H](c2cccc(OC)c2OC(F)(F)F)c2cc(Cl)ccc2NC1=S. The second-order valence-corrected chi connectivity index (χ2v) is 8.62. The molecule has 0 aliphatic carbocycles. The lowest BCUT2D eigenvalue weighted by Crippen LogP contribution is -2.25. The third kappa shape index (κ3) is 5.55. The number of anilines is 1. The minimum absolute atomic E-state index is 0.0648. The summed E-state index contributed by atoms with van der Waals surface area (Å²) >= 11 is 12.8. The molecule has 1 heterocycles. The molecular weight excluding hydrogens is 475 g/mol. The number of halogens is 4. The number of nitrogens with one attached hydrogen (secondary N) is 1. The molecule has 0 amide bonds. The summed E-state index contributed by atoms with van der Waals surface area (Å²) in [6.45, 7) is 0. The van der Waals surface area contributed by atoms with E-state index in [1.54, 1.807) is 24.3 Å². The Morgan fingerprint density at radius 2 is 1.97 bits per heavy atom. The molecule has 0 unspecified atom stereocenters. The molecule has 2 atom stereocenters. The quantitative estimate of drug-likeness (QED) is 0.422. The van der Waals surface area contributed by atoms with Crippen LogP contribution in [0.2, 0.25) is 5.02 Å². The van der Waals surface area contributed by atoms with Crippen LogP contribution in [-0.4, -0.2) is 36.8 Å². The highest BCUT2D eigenvalue weighted by Crippen LogP contribution is 2.51. The van der Waals surface area contributed by atoms with Crippen LogP contribution in [-0.2, 0) is 9.53 Å². The predicted octanol–water partition coefficient (Wildman–Crippen LogP) is 5.75. The van der Waals surface area contributed by atoms with Gasteiger partial charge in [0.1, 0.15) is 0 Å². The van der Waals surface area contributed by atoms with E-state index in [9.17, 15) is 18.0 Å². The molecule has 166 valence electrons. The molecule has 0 fully saturated rings. The average Bonchev–Trinajstić information content (AvgIpc) is 2.83. The van der Waals surface area contributed by atoms with E-state index in [0.29, 0.717) is 21.3 Å². The second kappa shape index (κ2) is 9.54. The highest BCUT2D eigenvalue weighted by atomic mass is 35.5. The Kier molecular flexibility index (Phi) is 7.23. The van der Waals surface area contributed by atoms with Crippen LogP contribution in [0.3, 0.4) is 0 Å². The van der Waals surface area contributed by atoms with Crippen molar-refractivity contribution >= 4 is 52.2 Å². The van der Waals surface area contributed by atoms with Gasteiger partial charge in [-0.1, -0.05) is 36.0 Å². The summed E-state index contributed by atoms with van der Waals surface area (Å²) in [6.07, 6.45) is -5.00. The van der Waals surface area contributed by atoms with Gasteiger partial charge >= 0.3 is 12.3 Å². The second-order valence-electron chi connectivity index (χ2n) is 6.43. The summed E-state index contributed by atoms with van der Waals surface area (Å²) in [5.74, 6) is -1.05. The Hall–Kier alpha value is -2.17. The number of esters is 1. The fourth-order valence-electron chi connectivity index (χ4n) is 3.12. The number of methoxy groups -OCH3 is 2. The summed E-state index contributed by atoms with van der Waals surface area (Å²) in [6, 6.07) is 9.41. The van der Waals surface area contributed by atoms with Gasteiger partial charge in [0.2, 0.25) is 0 Å². The lowest BCUT2D eigenvalue weighted by Gasteiger charge is -2.24. The molecule has 1 N–H and O–H groups in total. The van der Waals surface area contributed by atoms with Crippen molar-refractivity contribution in [3.63, 3.8) is 0 Å². The van der Waals surface area contributed by atoms with Gasteiger partial charge in [0.15, 0.2) is 11.5 Å². The van der Waals surface area contributed by atoms with E-state index < -0.39 is 28.6 Å². The van der Waals surface area contributed by atoms with E-state index in [1.165, 1.54) is 38.1 Å². The number of thiocarbonyl (C=S) groups is 1. The number of fused-ring (bicyclic) bond motifs is 1. The first-order chi connectivity index (χ1) is 14.6. The smallest absolute Gasteiger partial charge is 0.493 e. The molecular formula is C20H17ClF3NO4S2. The zero-order valence-corrected chi connectivity index (χ0v) is 18.7. The molecule has 1 aliphatic heterocycles. The molecule has 0 saturated heterocycles. The molecule has 3 rings (SSSR count). The van der Waals surface area contributed by atoms with Crippen LogP contribution in [0.4, 0.5) is 18.9 Å². The maximum absolute atomic E-state index is 13.2. The number of hydrogen-bond donors (Lipinski definition) is 1. The minimum atomic E-state index is -4.94. The maximum Gasteiger partial charge on any atom is 0.573 e. The fraction of sp³-hybridized carbons (Fsp3) is 0.300. The zero-order valence-electron chi connectivity index (χ0n) is 16.3. The Morgan fingerprint density at radius 3 is 2.61 bits per heavy atom. The monoisotopic (exact) mass is 491 g/mol. The minimum Gasteiger partial charge on any atom is -0.493 e. The average molecular weight is 492 g/mol. The number of alkyl halides is 3. The number of benzene rings is 2. The van der Waals surface area contributed by atoms with Crippen LogP contribution in [0.1, 0.15) is 22.8 Å². The van der Waals surface area contributed by atoms with Crippen molar-refractivity contribution in [2.45, 2.75) is 23.3 Å². The Balaban J connectivity index is 2.18. The van der Waals surface area contributed by atoms with E-state index in [4.69, 9.17) is 33.3 Å². The molecule has 2 aromatic carbocycles. The summed E-state index contributed by atoms with van der Waals surface area (Å²) in [5, 5.41) is 2.20. The number of ether oxygens (including phenoxy) is 3. The van der Waals surface area contributed by atoms with Gasteiger partial charge in [-0.25, -0.2) is 0 Å². The van der Waals surface area contributed by atoms with Gasteiger partial charge in [0.25, 0.3) is 0 Å². The normalized spacial score (nSPS) is 18.5. The molecule has 0 saturated carbocycles. The highest BCUT2D eigenvalue weighted by molar-refractivity contribution is 8.02. The van der Waals surface area contributed by atoms with Gasteiger partial charge < -0.3 is 19.5 Å². The Bertz CT molecular complexity index is 1000. The van der Waals surface area contributed by atoms with E-state index in [1.807, 2.05) is 0 Å². The van der Waals surface area contributed by atoms with Crippen LogP contribution < -0.4 is 14.8 Å². The summed E-state index contributed by atoms with van der Waals surface area (Å²) < 4.78 is 53.8. The molecule has 31 heavy (non-hydrogen) atoms. The number of para-hydroxylation sites is 1. The first kappa shape index (κ1) is 23.5. The number of hydrogen-bond acceptors (Lipinski definition) is 6. The zero-order chi connectivity index (χ0) is 22.8. The number of rotatable bonds is 5. The Labute approximate surface area is 191 Å². The van der Waals surface area contributed by atoms with Gasteiger partial charge in [-0.05, 0) is 29.8 Å².